The molecule has 33 heavy (non-hydrogen) atoms. The van der Waals surface area contributed by atoms with Crippen LogP contribution in [0, 0.1) is 5.82 Å². The van der Waals surface area contributed by atoms with Gasteiger partial charge in [-0.25, -0.2) is 12.8 Å². The van der Waals surface area contributed by atoms with Crippen LogP contribution < -0.4 is 9.62 Å². The highest BCUT2D eigenvalue weighted by atomic mass is 35.5. The van der Waals surface area contributed by atoms with E-state index >= 15 is 0 Å². The summed E-state index contributed by atoms with van der Waals surface area (Å²) < 4.78 is 46.2. The van der Waals surface area contributed by atoms with Crippen molar-refractivity contribution in [2.45, 2.75) is 13.3 Å². The number of carbonyl (C=O) groups is 1. The van der Waals surface area contributed by atoms with Crippen LogP contribution in [0.15, 0.2) is 42.6 Å². The van der Waals surface area contributed by atoms with E-state index in [1.54, 1.807) is 31.3 Å². The van der Waals surface area contributed by atoms with Crippen LogP contribution in [0.3, 0.4) is 0 Å². The summed E-state index contributed by atoms with van der Waals surface area (Å²) in [6.07, 6.45) is 2.17. The maximum Gasteiger partial charge on any atom is 0.232 e. The van der Waals surface area contributed by atoms with Crippen LogP contribution in [0.25, 0.3) is 10.9 Å². The van der Waals surface area contributed by atoms with Crippen molar-refractivity contribution < 1.29 is 22.3 Å². The third-order valence-electron chi connectivity index (χ3n) is 5.33. The SMILES string of the molecule is CCCS(=O)(=O)Nc1cc(F)cc(C(=O)c2ccc3ncc(N4CCOCC4)cc3c2)c1Cl. The van der Waals surface area contributed by atoms with Crippen LogP contribution in [-0.4, -0.2) is 51.2 Å². The van der Waals surface area contributed by atoms with Gasteiger partial charge in [-0.2, -0.15) is 0 Å². The van der Waals surface area contributed by atoms with Crippen LogP contribution in [0.5, 0.6) is 0 Å². The molecule has 1 aromatic heterocycles. The zero-order chi connectivity index (χ0) is 23.6. The van der Waals surface area contributed by atoms with E-state index in [1.165, 1.54) is 0 Å². The van der Waals surface area contributed by atoms with Gasteiger partial charge in [0.1, 0.15) is 5.82 Å². The van der Waals surface area contributed by atoms with Crippen molar-refractivity contribution in [3.63, 3.8) is 0 Å². The lowest BCUT2D eigenvalue weighted by Crippen LogP contribution is -2.36. The molecule has 0 atom stereocenters. The molecule has 174 valence electrons. The molecule has 0 aliphatic carbocycles. The Bertz CT molecular complexity index is 1310. The van der Waals surface area contributed by atoms with Crippen molar-refractivity contribution in [2.75, 3.05) is 41.7 Å². The summed E-state index contributed by atoms with van der Waals surface area (Å²) in [7, 11) is -3.71. The molecule has 0 spiro atoms. The highest BCUT2D eigenvalue weighted by Gasteiger charge is 2.21. The number of aromatic nitrogens is 1. The Morgan fingerprint density at radius 1 is 1.21 bits per heavy atom. The second-order valence-corrected chi connectivity index (χ2v) is 9.99. The van der Waals surface area contributed by atoms with Crippen molar-refractivity contribution in [3.8, 4) is 0 Å². The van der Waals surface area contributed by atoms with E-state index in [9.17, 15) is 17.6 Å². The second-order valence-electron chi connectivity index (χ2n) is 7.77. The average molecular weight is 492 g/mol. The number of pyridine rings is 1. The fourth-order valence-electron chi connectivity index (χ4n) is 3.73. The minimum absolute atomic E-state index is 0.123. The number of nitrogens with one attached hydrogen (secondary N) is 1. The van der Waals surface area contributed by atoms with E-state index in [1.807, 2.05) is 6.07 Å². The summed E-state index contributed by atoms with van der Waals surface area (Å²) in [5.41, 5.74) is 1.64. The number of nitrogens with zero attached hydrogens (tertiary/aromatic N) is 2. The topological polar surface area (TPSA) is 88.6 Å². The van der Waals surface area contributed by atoms with Crippen LogP contribution >= 0.6 is 11.6 Å². The number of ketones is 1. The molecular formula is C23H23ClFN3O4S. The normalized spacial score (nSPS) is 14.5. The first-order chi connectivity index (χ1) is 15.8. The number of benzene rings is 2. The molecule has 1 aliphatic heterocycles. The van der Waals surface area contributed by atoms with Gasteiger partial charge in [0.05, 0.1) is 47.1 Å². The third-order valence-corrected chi connectivity index (χ3v) is 7.21. The first kappa shape index (κ1) is 23.4. The number of hydrogen-bond donors (Lipinski definition) is 1. The molecule has 0 unspecified atom stereocenters. The molecule has 7 nitrogen and oxygen atoms in total. The largest absolute Gasteiger partial charge is 0.378 e. The number of hydrogen-bond acceptors (Lipinski definition) is 6. The van der Waals surface area contributed by atoms with Gasteiger partial charge in [-0.05, 0) is 42.8 Å². The van der Waals surface area contributed by atoms with Crippen molar-refractivity contribution in [2.24, 2.45) is 0 Å². The smallest absolute Gasteiger partial charge is 0.232 e. The van der Waals surface area contributed by atoms with Gasteiger partial charge in [-0.1, -0.05) is 18.5 Å². The summed E-state index contributed by atoms with van der Waals surface area (Å²) in [5, 5.41) is 0.600. The lowest BCUT2D eigenvalue weighted by atomic mass is 10.0. The van der Waals surface area contributed by atoms with E-state index in [0.717, 1.165) is 36.3 Å². The van der Waals surface area contributed by atoms with Crippen LogP contribution in [0.4, 0.5) is 15.8 Å². The van der Waals surface area contributed by atoms with Gasteiger partial charge >= 0.3 is 0 Å². The Kier molecular flexibility index (Phi) is 6.83. The molecule has 1 N–H and O–H groups in total. The average Bonchev–Trinajstić information content (AvgIpc) is 2.80. The predicted molar refractivity (Wildman–Crippen MR) is 127 cm³/mol. The standard InChI is InChI=1S/C23H23ClFN3O4S/c1-2-9-33(30,31)27-21-13-17(25)12-19(22(21)24)23(29)15-3-4-20-16(10-15)11-18(14-26-20)28-5-7-32-8-6-28/h3-4,10-14,27H,2,5-9H2,1H3. The molecule has 0 saturated carbocycles. The third kappa shape index (κ3) is 5.26. The highest BCUT2D eigenvalue weighted by Crippen LogP contribution is 2.31. The summed E-state index contributed by atoms with van der Waals surface area (Å²) in [6, 6.07) is 8.90. The molecule has 0 radical (unpaired) electrons. The predicted octanol–water partition coefficient (Wildman–Crippen LogP) is 4.25. The van der Waals surface area contributed by atoms with Gasteiger partial charge in [0, 0.05) is 29.6 Å². The zero-order valence-electron chi connectivity index (χ0n) is 18.0. The molecule has 2 aromatic carbocycles. The van der Waals surface area contributed by atoms with Crippen molar-refractivity contribution in [3.05, 3.63) is 64.6 Å². The number of sulfonamides is 1. The minimum Gasteiger partial charge on any atom is -0.378 e. The fourth-order valence-corrected chi connectivity index (χ4v) is 5.16. The molecule has 0 bridgehead atoms. The number of rotatable bonds is 7. The molecule has 1 aliphatic rings. The summed E-state index contributed by atoms with van der Waals surface area (Å²) in [5.74, 6) is -1.44. The van der Waals surface area contributed by atoms with Crippen molar-refractivity contribution >= 4 is 49.7 Å². The number of fused-ring (bicyclic) bond motifs is 1. The Labute approximate surface area is 196 Å². The summed E-state index contributed by atoms with van der Waals surface area (Å²) in [6.45, 7) is 4.49. The zero-order valence-corrected chi connectivity index (χ0v) is 19.5. The van der Waals surface area contributed by atoms with Gasteiger partial charge in [0.2, 0.25) is 10.0 Å². The Morgan fingerprint density at radius 3 is 2.70 bits per heavy atom. The first-order valence-corrected chi connectivity index (χ1v) is 12.6. The quantitative estimate of drug-likeness (QED) is 0.497. The van der Waals surface area contributed by atoms with Gasteiger partial charge in [0.15, 0.2) is 5.78 Å². The Hall–Kier alpha value is -2.75. The number of anilines is 2. The lowest BCUT2D eigenvalue weighted by molar-refractivity contribution is 0.103. The summed E-state index contributed by atoms with van der Waals surface area (Å²) in [4.78, 5) is 19.8. The second kappa shape index (κ2) is 9.62. The molecule has 10 heteroatoms. The lowest BCUT2D eigenvalue weighted by Gasteiger charge is -2.28. The Morgan fingerprint density at radius 2 is 1.97 bits per heavy atom. The number of halogens is 2. The summed E-state index contributed by atoms with van der Waals surface area (Å²) >= 11 is 6.33. The monoisotopic (exact) mass is 491 g/mol. The van der Waals surface area contributed by atoms with Crippen LogP contribution in [0.1, 0.15) is 29.3 Å². The molecule has 2 heterocycles. The number of ether oxygens (including phenoxy) is 1. The molecular weight excluding hydrogens is 469 g/mol. The first-order valence-electron chi connectivity index (χ1n) is 10.5. The molecule has 0 amide bonds. The maximum atomic E-state index is 14.3. The van der Waals surface area contributed by atoms with E-state index in [2.05, 4.69) is 14.6 Å². The maximum absolute atomic E-state index is 14.3. The van der Waals surface area contributed by atoms with E-state index in [4.69, 9.17) is 16.3 Å². The van der Waals surface area contributed by atoms with E-state index < -0.39 is 21.6 Å². The fraction of sp³-hybridized carbons (Fsp3) is 0.304. The molecule has 1 fully saturated rings. The highest BCUT2D eigenvalue weighted by molar-refractivity contribution is 7.92. The van der Waals surface area contributed by atoms with Crippen LogP contribution in [-0.2, 0) is 14.8 Å². The van der Waals surface area contributed by atoms with Crippen molar-refractivity contribution in [1.82, 2.24) is 4.98 Å². The van der Waals surface area contributed by atoms with Gasteiger partial charge in [-0.15, -0.1) is 0 Å². The molecule has 1 saturated heterocycles. The van der Waals surface area contributed by atoms with Crippen molar-refractivity contribution in [1.29, 1.82) is 0 Å². The Balaban J connectivity index is 1.69. The van der Waals surface area contributed by atoms with Gasteiger partial charge in [-0.3, -0.25) is 14.5 Å². The van der Waals surface area contributed by atoms with Crippen LogP contribution in [0.2, 0.25) is 5.02 Å². The van der Waals surface area contributed by atoms with Gasteiger partial charge < -0.3 is 9.64 Å². The molecule has 3 aromatic rings. The number of morpholine rings is 1. The van der Waals surface area contributed by atoms with E-state index in [0.29, 0.717) is 30.7 Å². The van der Waals surface area contributed by atoms with Gasteiger partial charge in [0.25, 0.3) is 0 Å². The minimum atomic E-state index is -3.71. The number of carbonyl (C=O) groups excluding carboxylic acids is 1. The molecule has 4 rings (SSSR count). The van der Waals surface area contributed by atoms with E-state index in [-0.39, 0.29) is 22.0 Å².